The van der Waals surface area contributed by atoms with Crippen molar-refractivity contribution in [2.24, 2.45) is 0 Å². The van der Waals surface area contributed by atoms with E-state index in [2.05, 4.69) is 22.0 Å². The fourth-order valence-corrected chi connectivity index (χ4v) is 3.13. The van der Waals surface area contributed by atoms with Crippen molar-refractivity contribution in [3.63, 3.8) is 0 Å². The number of rotatable bonds is 3. The van der Waals surface area contributed by atoms with Crippen LogP contribution in [-0.2, 0) is 12.4 Å². The highest BCUT2D eigenvalue weighted by Crippen LogP contribution is 2.38. The molecule has 3 rings (SSSR count). The maximum absolute atomic E-state index is 13.1. The molecular formula is C23H12BrF6N. The standard InChI is InChI=1S/C23H12BrF6N/c24-21-7-5-16(6-8-21)18(13-31)9-14-1-3-15(4-2-14)17-10-19(22(25,26)27)12-20(11-17)23(28,29)30/h1-12H/b18-9+. The van der Waals surface area contributed by atoms with Crippen LogP contribution < -0.4 is 0 Å². The Balaban J connectivity index is 1.99. The number of halogens is 7. The van der Waals surface area contributed by atoms with Gasteiger partial charge in [0.15, 0.2) is 0 Å². The largest absolute Gasteiger partial charge is 0.416 e. The predicted octanol–water partition coefficient (Wildman–Crippen LogP) is 8.22. The minimum Gasteiger partial charge on any atom is -0.192 e. The van der Waals surface area contributed by atoms with E-state index in [9.17, 15) is 31.6 Å². The summed E-state index contributed by atoms with van der Waals surface area (Å²) in [6.07, 6.45) is -8.24. The van der Waals surface area contributed by atoms with Gasteiger partial charge < -0.3 is 0 Å². The van der Waals surface area contributed by atoms with Crippen LogP contribution in [0, 0.1) is 11.3 Å². The van der Waals surface area contributed by atoms with Gasteiger partial charge in [-0.25, -0.2) is 0 Å². The van der Waals surface area contributed by atoms with Gasteiger partial charge in [0.2, 0.25) is 0 Å². The second-order valence-corrected chi connectivity index (χ2v) is 7.51. The normalized spacial score (nSPS) is 12.5. The lowest BCUT2D eigenvalue weighted by molar-refractivity contribution is -0.143. The first-order chi connectivity index (χ1) is 14.5. The molecule has 0 unspecified atom stereocenters. The first-order valence-corrected chi connectivity index (χ1v) is 9.54. The second-order valence-electron chi connectivity index (χ2n) is 6.59. The molecule has 31 heavy (non-hydrogen) atoms. The van der Waals surface area contributed by atoms with Gasteiger partial charge in [-0.3, -0.25) is 0 Å². The Morgan fingerprint density at radius 2 is 1.26 bits per heavy atom. The predicted molar refractivity (Wildman–Crippen MR) is 110 cm³/mol. The summed E-state index contributed by atoms with van der Waals surface area (Å²) in [7, 11) is 0. The molecule has 0 spiro atoms. The van der Waals surface area contributed by atoms with Gasteiger partial charge in [0.05, 0.1) is 22.8 Å². The maximum atomic E-state index is 13.1. The molecule has 0 radical (unpaired) electrons. The van der Waals surface area contributed by atoms with E-state index in [1.54, 1.807) is 30.3 Å². The van der Waals surface area contributed by atoms with Crippen molar-refractivity contribution in [1.29, 1.82) is 5.26 Å². The first-order valence-electron chi connectivity index (χ1n) is 8.75. The lowest BCUT2D eigenvalue weighted by Crippen LogP contribution is -2.11. The quantitative estimate of drug-likeness (QED) is 0.204. The Bertz CT molecular complexity index is 1120. The highest BCUT2D eigenvalue weighted by Gasteiger charge is 2.36. The van der Waals surface area contributed by atoms with Crippen LogP contribution >= 0.6 is 15.9 Å². The zero-order valence-electron chi connectivity index (χ0n) is 15.5. The third kappa shape index (κ3) is 5.56. The van der Waals surface area contributed by atoms with E-state index in [1.165, 1.54) is 24.3 Å². The summed E-state index contributed by atoms with van der Waals surface area (Å²) in [5.74, 6) is 0. The lowest BCUT2D eigenvalue weighted by atomic mass is 9.97. The molecule has 0 aliphatic carbocycles. The van der Waals surface area contributed by atoms with Crippen molar-refractivity contribution in [3.05, 3.63) is 93.5 Å². The molecule has 0 saturated heterocycles. The molecular weight excluding hydrogens is 484 g/mol. The van der Waals surface area contributed by atoms with Crippen LogP contribution in [0.1, 0.15) is 22.3 Å². The number of hydrogen-bond donors (Lipinski definition) is 0. The molecule has 0 bridgehead atoms. The Labute approximate surface area is 182 Å². The SMILES string of the molecule is N#C/C(=C\c1ccc(-c2cc(C(F)(F)F)cc(C(F)(F)F)c2)cc1)c1ccc(Br)cc1. The third-order valence-electron chi connectivity index (χ3n) is 4.42. The molecule has 0 saturated carbocycles. The van der Waals surface area contributed by atoms with Gasteiger partial charge in [-0.2, -0.15) is 31.6 Å². The van der Waals surface area contributed by atoms with Crippen LogP contribution in [0.4, 0.5) is 26.3 Å². The topological polar surface area (TPSA) is 23.8 Å². The number of nitrogens with zero attached hydrogens (tertiary/aromatic N) is 1. The molecule has 0 fully saturated rings. The molecule has 8 heteroatoms. The maximum Gasteiger partial charge on any atom is 0.416 e. The minimum absolute atomic E-state index is 0.0953. The minimum atomic E-state index is -4.91. The summed E-state index contributed by atoms with van der Waals surface area (Å²) in [4.78, 5) is 0. The second kappa shape index (κ2) is 8.60. The fraction of sp³-hybridized carbons (Fsp3) is 0.0870. The molecule has 0 amide bonds. The summed E-state index contributed by atoms with van der Waals surface area (Å²) in [5.41, 5.74) is -1.15. The Morgan fingerprint density at radius 1 is 0.742 bits per heavy atom. The summed E-state index contributed by atoms with van der Waals surface area (Å²) in [5, 5.41) is 9.41. The Morgan fingerprint density at radius 3 is 1.71 bits per heavy atom. The van der Waals surface area contributed by atoms with Gasteiger partial charge in [0.25, 0.3) is 0 Å². The molecule has 0 aliphatic rings. The molecule has 158 valence electrons. The van der Waals surface area contributed by atoms with Gasteiger partial charge in [-0.1, -0.05) is 52.3 Å². The molecule has 0 aromatic heterocycles. The van der Waals surface area contributed by atoms with Crippen LogP contribution in [0.25, 0.3) is 22.8 Å². The van der Waals surface area contributed by atoms with E-state index >= 15 is 0 Å². The third-order valence-corrected chi connectivity index (χ3v) is 4.95. The molecule has 0 atom stereocenters. The van der Waals surface area contributed by atoms with E-state index in [4.69, 9.17) is 0 Å². The highest BCUT2D eigenvalue weighted by atomic mass is 79.9. The van der Waals surface area contributed by atoms with E-state index < -0.39 is 23.5 Å². The lowest BCUT2D eigenvalue weighted by Gasteiger charge is -2.14. The zero-order valence-corrected chi connectivity index (χ0v) is 17.1. The number of alkyl halides is 6. The number of benzene rings is 3. The summed E-state index contributed by atoms with van der Waals surface area (Å²) in [6.45, 7) is 0. The number of allylic oxidation sites excluding steroid dienone is 1. The van der Waals surface area contributed by atoms with Crippen LogP contribution in [0.5, 0.6) is 0 Å². The van der Waals surface area contributed by atoms with Crippen LogP contribution in [0.3, 0.4) is 0 Å². The summed E-state index contributed by atoms with van der Waals surface area (Å²) in [6, 6.07) is 16.5. The number of hydrogen-bond acceptors (Lipinski definition) is 1. The molecule has 1 nitrogen and oxygen atoms in total. The van der Waals surface area contributed by atoms with Crippen molar-refractivity contribution < 1.29 is 26.3 Å². The fourth-order valence-electron chi connectivity index (χ4n) is 2.87. The van der Waals surface area contributed by atoms with Gasteiger partial charge in [-0.15, -0.1) is 0 Å². The number of nitriles is 1. The van der Waals surface area contributed by atoms with Crippen molar-refractivity contribution in [2.75, 3.05) is 0 Å². The van der Waals surface area contributed by atoms with E-state index in [1.807, 2.05) is 0 Å². The van der Waals surface area contributed by atoms with Gasteiger partial charge in [0.1, 0.15) is 0 Å². The first kappa shape index (κ1) is 22.6. The average molecular weight is 496 g/mol. The zero-order chi connectivity index (χ0) is 22.8. The molecule has 3 aromatic rings. The van der Waals surface area contributed by atoms with Gasteiger partial charge in [-0.05, 0) is 58.7 Å². The average Bonchev–Trinajstić information content (AvgIpc) is 2.71. The van der Waals surface area contributed by atoms with Crippen molar-refractivity contribution in [3.8, 4) is 17.2 Å². The van der Waals surface area contributed by atoms with E-state index in [-0.39, 0.29) is 17.2 Å². The molecule has 0 N–H and O–H groups in total. The van der Waals surface area contributed by atoms with Crippen LogP contribution in [0.2, 0.25) is 0 Å². The summed E-state index contributed by atoms with van der Waals surface area (Å²) < 4.78 is 79.3. The van der Waals surface area contributed by atoms with E-state index in [0.717, 1.165) is 4.47 Å². The van der Waals surface area contributed by atoms with Gasteiger partial charge >= 0.3 is 12.4 Å². The molecule has 0 heterocycles. The Kier molecular flexibility index (Phi) is 6.27. The van der Waals surface area contributed by atoms with Crippen molar-refractivity contribution >= 4 is 27.6 Å². The van der Waals surface area contributed by atoms with E-state index in [0.29, 0.717) is 28.8 Å². The van der Waals surface area contributed by atoms with Gasteiger partial charge in [0, 0.05) is 4.47 Å². The van der Waals surface area contributed by atoms with Crippen molar-refractivity contribution in [2.45, 2.75) is 12.4 Å². The summed E-state index contributed by atoms with van der Waals surface area (Å²) >= 11 is 3.30. The van der Waals surface area contributed by atoms with Crippen LogP contribution in [0.15, 0.2) is 71.2 Å². The smallest absolute Gasteiger partial charge is 0.192 e. The molecule has 3 aromatic carbocycles. The van der Waals surface area contributed by atoms with Crippen molar-refractivity contribution in [1.82, 2.24) is 0 Å². The van der Waals surface area contributed by atoms with Crippen LogP contribution in [-0.4, -0.2) is 0 Å². The Hall–Kier alpha value is -3.05. The highest BCUT2D eigenvalue weighted by molar-refractivity contribution is 9.10. The molecule has 0 aliphatic heterocycles. The monoisotopic (exact) mass is 495 g/mol.